The molecule has 1 heterocycles. The summed E-state index contributed by atoms with van der Waals surface area (Å²) in [6.07, 6.45) is 5.15. The maximum atomic E-state index is 12.2. The Balaban J connectivity index is 1.97. The normalized spacial score (nSPS) is 19.8. The molecule has 2 aliphatic rings. The van der Waals surface area contributed by atoms with E-state index in [0.717, 1.165) is 48.3 Å². The zero-order chi connectivity index (χ0) is 15.4. The van der Waals surface area contributed by atoms with Crippen molar-refractivity contribution in [2.45, 2.75) is 51.5 Å². The second-order valence-corrected chi connectivity index (χ2v) is 5.49. The molecular weight excluding hydrogens is 274 g/mol. The van der Waals surface area contributed by atoms with Gasteiger partial charge in [0.2, 0.25) is 5.91 Å². The van der Waals surface area contributed by atoms with Crippen LogP contribution in [-0.4, -0.2) is 52.7 Å². The van der Waals surface area contributed by atoms with Gasteiger partial charge in [-0.2, -0.15) is 0 Å². The van der Waals surface area contributed by atoms with Gasteiger partial charge in [-0.15, -0.1) is 0 Å². The third kappa shape index (κ3) is 3.22. The van der Waals surface area contributed by atoms with Crippen LogP contribution in [0.25, 0.3) is 0 Å². The monoisotopic (exact) mass is 295 g/mol. The summed E-state index contributed by atoms with van der Waals surface area (Å²) in [5.41, 5.74) is 0. The number of imide groups is 2. The molecule has 116 valence electrons. The predicted molar refractivity (Wildman–Crippen MR) is 74.1 cm³/mol. The second kappa shape index (κ2) is 6.69. The molecule has 0 atom stereocenters. The number of nitrogens with one attached hydrogen (secondary N) is 1. The number of hydrogen-bond acceptors (Lipinski definition) is 4. The van der Waals surface area contributed by atoms with Crippen LogP contribution in [0.3, 0.4) is 0 Å². The molecular formula is C14H21N3O4. The van der Waals surface area contributed by atoms with E-state index in [9.17, 15) is 19.2 Å². The lowest BCUT2D eigenvalue weighted by atomic mass is 10.2. The molecule has 1 N–H and O–H groups in total. The van der Waals surface area contributed by atoms with Gasteiger partial charge in [-0.3, -0.25) is 19.3 Å². The molecule has 2 fully saturated rings. The number of hydrogen-bond donors (Lipinski definition) is 1. The van der Waals surface area contributed by atoms with Crippen LogP contribution in [0.15, 0.2) is 0 Å². The van der Waals surface area contributed by atoms with Gasteiger partial charge in [-0.05, 0) is 19.3 Å². The lowest BCUT2D eigenvalue weighted by Gasteiger charge is -2.20. The van der Waals surface area contributed by atoms with Crippen molar-refractivity contribution in [1.82, 2.24) is 15.1 Å². The number of unbranched alkanes of at least 4 members (excludes halogenated alkanes) is 1. The van der Waals surface area contributed by atoms with E-state index >= 15 is 0 Å². The lowest BCUT2D eigenvalue weighted by molar-refractivity contribution is -0.144. The van der Waals surface area contributed by atoms with Gasteiger partial charge in [0.15, 0.2) is 0 Å². The van der Waals surface area contributed by atoms with E-state index in [1.54, 1.807) is 0 Å². The van der Waals surface area contributed by atoms with E-state index in [-0.39, 0.29) is 12.6 Å². The summed E-state index contributed by atoms with van der Waals surface area (Å²) in [5, 5.41) is 2.64. The molecule has 5 amide bonds. The van der Waals surface area contributed by atoms with E-state index in [1.807, 2.05) is 6.92 Å². The summed E-state index contributed by atoms with van der Waals surface area (Å²) in [4.78, 5) is 49.5. The minimum absolute atomic E-state index is 0.192. The van der Waals surface area contributed by atoms with Crippen LogP contribution in [-0.2, 0) is 14.4 Å². The van der Waals surface area contributed by atoms with E-state index in [0.29, 0.717) is 6.54 Å². The first kappa shape index (κ1) is 15.5. The Morgan fingerprint density at radius 2 is 1.86 bits per heavy atom. The standard InChI is InChI=1S/C14H21N3O4/c1-2-3-8-15-11(18)9-16-12(19)13(20)17(14(16)21)10-6-4-5-7-10/h10H,2-9H2,1H3,(H,15,18). The average molecular weight is 295 g/mol. The van der Waals surface area contributed by atoms with Crippen molar-refractivity contribution < 1.29 is 19.2 Å². The van der Waals surface area contributed by atoms with Crippen molar-refractivity contribution in [3.05, 3.63) is 0 Å². The van der Waals surface area contributed by atoms with Crippen LogP contribution in [0.4, 0.5) is 4.79 Å². The summed E-state index contributed by atoms with van der Waals surface area (Å²) in [7, 11) is 0. The van der Waals surface area contributed by atoms with Crippen molar-refractivity contribution in [2.24, 2.45) is 0 Å². The number of urea groups is 1. The number of carbonyl (C=O) groups is 4. The number of nitrogens with zero attached hydrogens (tertiary/aromatic N) is 2. The summed E-state index contributed by atoms with van der Waals surface area (Å²) >= 11 is 0. The maximum Gasteiger partial charge on any atom is 0.334 e. The molecule has 0 aromatic heterocycles. The largest absolute Gasteiger partial charge is 0.355 e. The van der Waals surface area contributed by atoms with Crippen molar-refractivity contribution >= 4 is 23.8 Å². The molecule has 1 aliphatic heterocycles. The Hall–Kier alpha value is -1.92. The highest BCUT2D eigenvalue weighted by molar-refractivity contribution is 6.45. The third-order valence-corrected chi connectivity index (χ3v) is 3.93. The number of rotatable bonds is 6. The van der Waals surface area contributed by atoms with Gasteiger partial charge in [-0.1, -0.05) is 26.2 Å². The van der Waals surface area contributed by atoms with Crippen molar-refractivity contribution in [3.63, 3.8) is 0 Å². The first-order valence-electron chi connectivity index (χ1n) is 7.52. The fraction of sp³-hybridized carbons (Fsp3) is 0.714. The highest BCUT2D eigenvalue weighted by Gasteiger charge is 2.48. The molecule has 0 aromatic rings. The van der Waals surface area contributed by atoms with Gasteiger partial charge in [-0.25, -0.2) is 9.69 Å². The van der Waals surface area contributed by atoms with Crippen LogP contribution < -0.4 is 5.32 Å². The molecule has 0 bridgehead atoms. The van der Waals surface area contributed by atoms with Crippen molar-refractivity contribution in [3.8, 4) is 0 Å². The second-order valence-electron chi connectivity index (χ2n) is 5.49. The van der Waals surface area contributed by atoms with Crippen LogP contribution in [0.2, 0.25) is 0 Å². The molecule has 0 spiro atoms. The van der Waals surface area contributed by atoms with Gasteiger partial charge < -0.3 is 5.32 Å². The summed E-state index contributed by atoms with van der Waals surface area (Å²) in [6.45, 7) is 2.13. The maximum absolute atomic E-state index is 12.2. The first-order chi connectivity index (χ1) is 10.1. The van der Waals surface area contributed by atoms with Crippen LogP contribution in [0, 0.1) is 0 Å². The van der Waals surface area contributed by atoms with Gasteiger partial charge in [0.05, 0.1) is 0 Å². The lowest BCUT2D eigenvalue weighted by Crippen LogP contribution is -2.43. The molecule has 2 rings (SSSR count). The van der Waals surface area contributed by atoms with Gasteiger partial charge in [0.25, 0.3) is 0 Å². The fourth-order valence-electron chi connectivity index (χ4n) is 2.75. The molecule has 21 heavy (non-hydrogen) atoms. The van der Waals surface area contributed by atoms with E-state index in [1.165, 1.54) is 0 Å². The van der Waals surface area contributed by atoms with E-state index < -0.39 is 23.8 Å². The quantitative estimate of drug-likeness (QED) is 0.442. The first-order valence-corrected chi connectivity index (χ1v) is 7.52. The Morgan fingerprint density at radius 3 is 2.48 bits per heavy atom. The van der Waals surface area contributed by atoms with Crippen LogP contribution >= 0.6 is 0 Å². The zero-order valence-electron chi connectivity index (χ0n) is 12.3. The Morgan fingerprint density at radius 1 is 1.19 bits per heavy atom. The molecule has 0 unspecified atom stereocenters. The summed E-state index contributed by atoms with van der Waals surface area (Å²) in [6, 6.07) is -0.843. The average Bonchev–Trinajstić information content (AvgIpc) is 3.03. The third-order valence-electron chi connectivity index (χ3n) is 3.93. The minimum atomic E-state index is -0.891. The van der Waals surface area contributed by atoms with Crippen LogP contribution in [0.1, 0.15) is 45.4 Å². The summed E-state index contributed by atoms with van der Waals surface area (Å²) in [5.74, 6) is -2.10. The molecule has 1 saturated heterocycles. The summed E-state index contributed by atoms with van der Waals surface area (Å²) < 4.78 is 0. The zero-order valence-corrected chi connectivity index (χ0v) is 12.3. The Kier molecular flexibility index (Phi) is 4.93. The molecule has 0 aromatic carbocycles. The van der Waals surface area contributed by atoms with Gasteiger partial charge >= 0.3 is 17.8 Å². The van der Waals surface area contributed by atoms with E-state index in [4.69, 9.17) is 0 Å². The fourth-order valence-corrected chi connectivity index (χ4v) is 2.75. The van der Waals surface area contributed by atoms with Gasteiger partial charge in [0, 0.05) is 12.6 Å². The number of carbonyl (C=O) groups excluding carboxylic acids is 4. The highest BCUT2D eigenvalue weighted by atomic mass is 16.2. The Labute approximate surface area is 123 Å². The predicted octanol–water partition coefficient (Wildman–Crippen LogP) is 0.636. The smallest absolute Gasteiger partial charge is 0.334 e. The minimum Gasteiger partial charge on any atom is -0.355 e. The topological polar surface area (TPSA) is 86.8 Å². The molecule has 0 radical (unpaired) electrons. The van der Waals surface area contributed by atoms with E-state index in [2.05, 4.69) is 5.32 Å². The van der Waals surface area contributed by atoms with Gasteiger partial charge in [0.1, 0.15) is 6.54 Å². The van der Waals surface area contributed by atoms with Crippen molar-refractivity contribution in [1.29, 1.82) is 0 Å². The highest BCUT2D eigenvalue weighted by Crippen LogP contribution is 2.27. The Bertz CT molecular complexity index is 457. The molecule has 1 aliphatic carbocycles. The molecule has 7 heteroatoms. The number of amides is 5. The van der Waals surface area contributed by atoms with Crippen LogP contribution in [0.5, 0.6) is 0 Å². The van der Waals surface area contributed by atoms with Crippen molar-refractivity contribution in [2.75, 3.05) is 13.1 Å². The SMILES string of the molecule is CCCCNC(=O)CN1C(=O)C(=O)N(C2CCCC2)C1=O. The molecule has 1 saturated carbocycles. The molecule has 7 nitrogen and oxygen atoms in total.